The molecular weight excluding hydrogens is 608 g/mol. The summed E-state index contributed by atoms with van der Waals surface area (Å²) < 4.78 is 28.0. The minimum atomic E-state index is -3.81. The number of aromatic amines is 1. The highest BCUT2D eigenvalue weighted by Crippen LogP contribution is 2.35. The quantitative estimate of drug-likeness (QED) is 0.250. The number of sulfonamides is 1. The molecule has 43 heavy (non-hydrogen) atoms. The number of hydrogen-bond donors (Lipinski definition) is 2. The molecule has 11 nitrogen and oxygen atoms in total. The van der Waals surface area contributed by atoms with Crippen LogP contribution in [0, 0.1) is 6.92 Å². The number of nitrogens with one attached hydrogen (secondary N) is 2. The summed E-state index contributed by atoms with van der Waals surface area (Å²) in [5.41, 5.74) is 4.44. The summed E-state index contributed by atoms with van der Waals surface area (Å²) in [5.74, 6) is 0.800. The number of aryl methyl sites for hydroxylation is 2. The molecule has 222 valence electrons. The maximum atomic E-state index is 13.2. The third-order valence-electron chi connectivity index (χ3n) is 7.44. The lowest BCUT2D eigenvalue weighted by atomic mass is 10.0. The van der Waals surface area contributed by atoms with Crippen LogP contribution in [0.2, 0.25) is 5.02 Å². The fraction of sp³-hybridized carbons (Fsp3) is 0.276. The first-order chi connectivity index (χ1) is 20.7. The van der Waals surface area contributed by atoms with Crippen molar-refractivity contribution in [1.82, 2.24) is 30.0 Å². The van der Waals surface area contributed by atoms with E-state index < -0.39 is 10.0 Å². The zero-order valence-corrected chi connectivity index (χ0v) is 25.9. The molecule has 14 heteroatoms. The van der Waals surface area contributed by atoms with E-state index in [0.29, 0.717) is 37.6 Å². The van der Waals surface area contributed by atoms with Gasteiger partial charge < -0.3 is 14.8 Å². The zero-order chi connectivity index (χ0) is 30.1. The summed E-state index contributed by atoms with van der Waals surface area (Å²) >= 11 is 7.62. The number of rotatable bonds is 8. The molecule has 2 aromatic carbocycles. The number of amides is 1. The molecule has 0 bridgehead atoms. The molecular formula is C29H29ClN8O3S2. The van der Waals surface area contributed by atoms with Gasteiger partial charge in [-0.1, -0.05) is 54.1 Å². The van der Waals surface area contributed by atoms with Crippen molar-refractivity contribution >= 4 is 60.9 Å². The lowest BCUT2D eigenvalue weighted by Gasteiger charge is -2.35. The normalized spacial score (nSPS) is 13.9. The largest absolute Gasteiger partial charge is 0.352 e. The number of benzene rings is 2. The fourth-order valence-corrected chi connectivity index (χ4v) is 7.12. The van der Waals surface area contributed by atoms with E-state index in [1.807, 2.05) is 43.1 Å². The smallest absolute Gasteiger partial charge is 0.263 e. The van der Waals surface area contributed by atoms with E-state index in [2.05, 4.69) is 34.8 Å². The topological polar surface area (TPSA) is 137 Å². The van der Waals surface area contributed by atoms with Crippen LogP contribution in [0.5, 0.6) is 0 Å². The van der Waals surface area contributed by atoms with E-state index in [1.54, 1.807) is 18.5 Å². The predicted octanol–water partition coefficient (Wildman–Crippen LogP) is 4.69. The Morgan fingerprint density at radius 3 is 2.53 bits per heavy atom. The van der Waals surface area contributed by atoms with Gasteiger partial charge in [0.15, 0.2) is 0 Å². The molecule has 0 atom stereocenters. The summed E-state index contributed by atoms with van der Waals surface area (Å²) in [7, 11) is -3.81. The van der Waals surface area contributed by atoms with Crippen molar-refractivity contribution in [2.75, 3.05) is 35.8 Å². The Balaban J connectivity index is 1.10. The van der Waals surface area contributed by atoms with Crippen LogP contribution in [0.15, 0.2) is 59.9 Å². The van der Waals surface area contributed by atoms with Gasteiger partial charge in [0.1, 0.15) is 22.8 Å². The minimum absolute atomic E-state index is 0.0150. The molecule has 0 aliphatic carbocycles. The Bertz CT molecular complexity index is 1900. The average Bonchev–Trinajstić information content (AvgIpc) is 3.65. The van der Waals surface area contributed by atoms with Crippen molar-refractivity contribution in [2.45, 2.75) is 31.6 Å². The number of anilines is 2. The molecule has 1 aliphatic rings. The molecule has 1 fully saturated rings. The van der Waals surface area contributed by atoms with Gasteiger partial charge in [-0.05, 0) is 48.2 Å². The van der Waals surface area contributed by atoms with Crippen LogP contribution in [0.25, 0.3) is 22.2 Å². The molecule has 0 saturated carbocycles. The van der Waals surface area contributed by atoms with Gasteiger partial charge >= 0.3 is 0 Å². The number of carbonyl (C=O) groups excluding carboxylic acids is 1. The fourth-order valence-electron chi connectivity index (χ4n) is 5.03. The number of fused-ring (bicyclic) bond motifs is 1. The standard InChI is InChI=1S/C29H29ClN8O3S2/c1-3-24-34-35-29(42-24)36-43(40,41)21-8-5-19(6-9-21)14-25(39)37-10-12-38(13-11-37)28-26-22(16-31-27(26)32-17-33-28)20-7-4-18(2)23(30)15-20/h4-9,15-17H,3,10-14H2,1-2H3,(H,35,36)(H,31,32,33). The van der Waals surface area contributed by atoms with Crippen LogP contribution >= 0.6 is 22.9 Å². The van der Waals surface area contributed by atoms with Gasteiger partial charge in [0.05, 0.1) is 16.7 Å². The van der Waals surface area contributed by atoms with Crippen molar-refractivity contribution in [3.05, 3.63) is 76.1 Å². The molecule has 0 radical (unpaired) electrons. The van der Waals surface area contributed by atoms with Gasteiger partial charge in [-0.15, -0.1) is 10.2 Å². The lowest BCUT2D eigenvalue weighted by Crippen LogP contribution is -2.49. The molecule has 6 rings (SSSR count). The van der Waals surface area contributed by atoms with Crippen molar-refractivity contribution in [3.63, 3.8) is 0 Å². The van der Waals surface area contributed by atoms with Crippen molar-refractivity contribution < 1.29 is 13.2 Å². The van der Waals surface area contributed by atoms with Gasteiger partial charge in [0.25, 0.3) is 10.0 Å². The first-order valence-electron chi connectivity index (χ1n) is 13.8. The maximum absolute atomic E-state index is 13.2. The van der Waals surface area contributed by atoms with E-state index >= 15 is 0 Å². The first-order valence-corrected chi connectivity index (χ1v) is 16.4. The van der Waals surface area contributed by atoms with E-state index in [9.17, 15) is 13.2 Å². The zero-order valence-electron chi connectivity index (χ0n) is 23.5. The first kappa shape index (κ1) is 29.0. The second-order valence-electron chi connectivity index (χ2n) is 10.2. The van der Waals surface area contributed by atoms with Crippen LogP contribution in [-0.2, 0) is 27.7 Å². The molecule has 1 saturated heterocycles. The third kappa shape index (κ3) is 6.05. The second-order valence-corrected chi connectivity index (χ2v) is 13.4. The van der Waals surface area contributed by atoms with Gasteiger partial charge in [-0.25, -0.2) is 18.4 Å². The van der Waals surface area contributed by atoms with E-state index in [4.69, 9.17) is 11.6 Å². The number of halogens is 1. The maximum Gasteiger partial charge on any atom is 0.263 e. The second kappa shape index (κ2) is 11.9. The highest BCUT2D eigenvalue weighted by atomic mass is 35.5. The van der Waals surface area contributed by atoms with E-state index in [0.717, 1.165) is 44.1 Å². The lowest BCUT2D eigenvalue weighted by molar-refractivity contribution is -0.130. The Morgan fingerprint density at radius 1 is 1.07 bits per heavy atom. The van der Waals surface area contributed by atoms with Crippen LogP contribution in [0.4, 0.5) is 10.9 Å². The predicted molar refractivity (Wildman–Crippen MR) is 168 cm³/mol. The summed E-state index contributed by atoms with van der Waals surface area (Å²) in [6, 6.07) is 12.3. The highest BCUT2D eigenvalue weighted by Gasteiger charge is 2.25. The number of carbonyl (C=O) groups is 1. The molecule has 4 heterocycles. The summed E-state index contributed by atoms with van der Waals surface area (Å²) in [6.07, 6.45) is 4.33. The van der Waals surface area contributed by atoms with Gasteiger partial charge in [-0.3, -0.25) is 9.52 Å². The van der Waals surface area contributed by atoms with Gasteiger partial charge in [-0.2, -0.15) is 0 Å². The number of H-pyrrole nitrogens is 1. The summed E-state index contributed by atoms with van der Waals surface area (Å²) in [5, 5.41) is 10.4. The van der Waals surface area contributed by atoms with Gasteiger partial charge in [0, 0.05) is 43.0 Å². The van der Waals surface area contributed by atoms with E-state index in [1.165, 1.54) is 23.5 Å². The van der Waals surface area contributed by atoms with Crippen molar-refractivity contribution in [1.29, 1.82) is 0 Å². The van der Waals surface area contributed by atoms with Crippen LogP contribution in [0.3, 0.4) is 0 Å². The molecule has 5 aromatic rings. The summed E-state index contributed by atoms with van der Waals surface area (Å²) in [6.45, 7) is 6.21. The number of piperazine rings is 1. The average molecular weight is 637 g/mol. The Morgan fingerprint density at radius 2 is 1.84 bits per heavy atom. The number of hydrogen-bond acceptors (Lipinski definition) is 9. The molecule has 2 N–H and O–H groups in total. The molecule has 0 spiro atoms. The van der Waals surface area contributed by atoms with Crippen LogP contribution < -0.4 is 9.62 Å². The molecule has 3 aromatic heterocycles. The molecule has 1 amide bonds. The van der Waals surface area contributed by atoms with Crippen LogP contribution in [0.1, 0.15) is 23.1 Å². The van der Waals surface area contributed by atoms with Crippen LogP contribution in [-0.4, -0.2) is 70.6 Å². The van der Waals surface area contributed by atoms with Gasteiger partial charge in [0.2, 0.25) is 11.0 Å². The summed E-state index contributed by atoms with van der Waals surface area (Å²) in [4.78, 5) is 29.6. The Kier molecular flexibility index (Phi) is 8.03. The highest BCUT2D eigenvalue weighted by molar-refractivity contribution is 7.93. The minimum Gasteiger partial charge on any atom is -0.352 e. The van der Waals surface area contributed by atoms with Crippen molar-refractivity contribution in [2.24, 2.45) is 0 Å². The van der Waals surface area contributed by atoms with E-state index in [-0.39, 0.29) is 22.4 Å². The Labute approximate surface area is 258 Å². The molecule has 1 aliphatic heterocycles. The third-order valence-corrected chi connectivity index (χ3v) is 10.3. The monoisotopic (exact) mass is 636 g/mol. The number of aromatic nitrogens is 5. The SMILES string of the molecule is CCc1nnc(NS(=O)(=O)c2ccc(CC(=O)N3CCN(c4ncnc5[nH]cc(-c6ccc(C)c(Cl)c6)c45)CC3)cc2)s1. The van der Waals surface area contributed by atoms with Crippen molar-refractivity contribution in [3.8, 4) is 11.1 Å². The molecule has 0 unspecified atom stereocenters. The Hall–Kier alpha value is -4.07. The number of nitrogens with zero attached hydrogens (tertiary/aromatic N) is 6.